The highest BCUT2D eigenvalue weighted by atomic mass is 35.5. The summed E-state index contributed by atoms with van der Waals surface area (Å²) in [5.41, 5.74) is 2.97. The molecule has 0 atom stereocenters. The van der Waals surface area contributed by atoms with E-state index >= 15 is 0 Å². The lowest BCUT2D eigenvalue weighted by atomic mass is 9.99. The molecule has 0 aliphatic heterocycles. The first-order valence-corrected chi connectivity index (χ1v) is 6.98. The van der Waals surface area contributed by atoms with Crippen LogP contribution in [0.15, 0.2) is 60.7 Å². The van der Waals surface area contributed by atoms with E-state index in [4.69, 9.17) is 11.6 Å². The number of hydrogen-bond donors (Lipinski definition) is 0. The van der Waals surface area contributed by atoms with Crippen LogP contribution in [-0.4, -0.2) is 5.78 Å². The molecule has 0 bridgehead atoms. The molecule has 2 heteroatoms. The fourth-order valence-electron chi connectivity index (χ4n) is 1.89. The first-order valence-electron chi connectivity index (χ1n) is 6.60. The van der Waals surface area contributed by atoms with Gasteiger partial charge in [0.15, 0.2) is 5.78 Å². The maximum Gasteiger partial charge on any atom is 0.168 e. The summed E-state index contributed by atoms with van der Waals surface area (Å²) in [4.78, 5) is 12.3. The van der Waals surface area contributed by atoms with E-state index in [2.05, 4.69) is 18.4 Å². The lowest BCUT2D eigenvalue weighted by molar-refractivity contribution is 0.0993. The predicted molar refractivity (Wildman–Crippen MR) is 87.6 cm³/mol. The summed E-state index contributed by atoms with van der Waals surface area (Å²) in [7, 11) is 0. The zero-order chi connectivity index (χ0) is 15.2. The summed E-state index contributed by atoms with van der Waals surface area (Å²) in [5.74, 6) is 6.10. The standard InChI is InChI=1S/C19H15ClO/c1-14(2)12-19(21)18-13-17(20)11-10-16(18)9-8-15-6-4-3-5-7-15/h3-7,10-11,13H,1,12H2,2H3. The number of carbonyl (C=O) groups excluding carboxylic acids is 1. The summed E-state index contributed by atoms with van der Waals surface area (Å²) in [5, 5.41) is 0.533. The Morgan fingerprint density at radius 3 is 2.52 bits per heavy atom. The summed E-state index contributed by atoms with van der Waals surface area (Å²) >= 11 is 5.99. The van der Waals surface area contributed by atoms with Crippen LogP contribution >= 0.6 is 11.6 Å². The van der Waals surface area contributed by atoms with Gasteiger partial charge in [-0.05, 0) is 37.3 Å². The normalized spacial score (nSPS) is 9.62. The molecule has 0 N–H and O–H groups in total. The van der Waals surface area contributed by atoms with Gasteiger partial charge in [0, 0.05) is 28.1 Å². The maximum absolute atomic E-state index is 12.3. The highest BCUT2D eigenvalue weighted by molar-refractivity contribution is 6.31. The van der Waals surface area contributed by atoms with E-state index in [0.717, 1.165) is 11.1 Å². The van der Waals surface area contributed by atoms with E-state index in [1.807, 2.05) is 37.3 Å². The second-order valence-electron chi connectivity index (χ2n) is 4.86. The third kappa shape index (κ3) is 4.34. The lowest BCUT2D eigenvalue weighted by Gasteiger charge is -2.04. The molecule has 0 fully saturated rings. The molecule has 0 saturated carbocycles. The second kappa shape index (κ2) is 6.92. The molecular formula is C19H15ClO. The Bertz CT molecular complexity index is 733. The van der Waals surface area contributed by atoms with E-state index < -0.39 is 0 Å². The summed E-state index contributed by atoms with van der Waals surface area (Å²) in [6, 6.07) is 14.9. The largest absolute Gasteiger partial charge is 0.294 e. The Balaban J connectivity index is 2.38. The molecule has 0 saturated heterocycles. The van der Waals surface area contributed by atoms with Crippen molar-refractivity contribution in [2.75, 3.05) is 0 Å². The van der Waals surface area contributed by atoms with Crippen LogP contribution in [0.2, 0.25) is 5.02 Å². The Labute approximate surface area is 130 Å². The molecule has 1 nitrogen and oxygen atoms in total. The van der Waals surface area contributed by atoms with Crippen molar-refractivity contribution in [3.8, 4) is 11.8 Å². The molecule has 104 valence electrons. The van der Waals surface area contributed by atoms with Crippen molar-refractivity contribution in [3.63, 3.8) is 0 Å². The first-order chi connectivity index (χ1) is 10.1. The third-order valence-corrected chi connectivity index (χ3v) is 3.09. The third-order valence-electron chi connectivity index (χ3n) is 2.86. The van der Waals surface area contributed by atoms with Gasteiger partial charge in [-0.2, -0.15) is 0 Å². The van der Waals surface area contributed by atoms with Crippen molar-refractivity contribution in [2.24, 2.45) is 0 Å². The quantitative estimate of drug-likeness (QED) is 0.447. The molecule has 0 radical (unpaired) electrons. The van der Waals surface area contributed by atoms with Gasteiger partial charge in [0.05, 0.1) is 0 Å². The van der Waals surface area contributed by atoms with Gasteiger partial charge in [0.1, 0.15) is 0 Å². The Kier molecular flexibility index (Phi) is 4.98. The van der Waals surface area contributed by atoms with Crippen molar-refractivity contribution in [1.29, 1.82) is 0 Å². The SMILES string of the molecule is C=C(C)CC(=O)c1cc(Cl)ccc1C#Cc1ccccc1. The smallest absolute Gasteiger partial charge is 0.168 e. The van der Waals surface area contributed by atoms with Gasteiger partial charge < -0.3 is 0 Å². The van der Waals surface area contributed by atoms with Gasteiger partial charge in [0.25, 0.3) is 0 Å². The summed E-state index contributed by atoms with van der Waals surface area (Å²) in [6.45, 7) is 5.61. The van der Waals surface area contributed by atoms with Crippen LogP contribution in [0, 0.1) is 11.8 Å². The monoisotopic (exact) mass is 294 g/mol. The van der Waals surface area contributed by atoms with E-state index in [9.17, 15) is 4.79 Å². The first kappa shape index (κ1) is 15.1. The van der Waals surface area contributed by atoms with Crippen molar-refractivity contribution in [3.05, 3.63) is 82.4 Å². The van der Waals surface area contributed by atoms with Gasteiger partial charge in [-0.1, -0.05) is 53.8 Å². The molecule has 0 unspecified atom stereocenters. The zero-order valence-electron chi connectivity index (χ0n) is 11.8. The second-order valence-corrected chi connectivity index (χ2v) is 5.30. The molecule has 0 aliphatic rings. The molecule has 21 heavy (non-hydrogen) atoms. The minimum absolute atomic E-state index is 0.0117. The fourth-order valence-corrected chi connectivity index (χ4v) is 2.06. The van der Waals surface area contributed by atoms with Gasteiger partial charge in [-0.25, -0.2) is 0 Å². The van der Waals surface area contributed by atoms with Crippen molar-refractivity contribution < 1.29 is 4.79 Å². The fraction of sp³-hybridized carbons (Fsp3) is 0.105. The Hall–Kier alpha value is -2.30. The van der Waals surface area contributed by atoms with Gasteiger partial charge in [0.2, 0.25) is 0 Å². The van der Waals surface area contributed by atoms with E-state index in [1.54, 1.807) is 18.2 Å². The zero-order valence-corrected chi connectivity index (χ0v) is 12.6. The molecule has 2 rings (SSSR count). The molecule has 0 heterocycles. The summed E-state index contributed by atoms with van der Waals surface area (Å²) in [6.07, 6.45) is 0.306. The highest BCUT2D eigenvalue weighted by Crippen LogP contribution is 2.18. The number of ketones is 1. The number of allylic oxidation sites excluding steroid dienone is 1. The van der Waals surface area contributed by atoms with E-state index in [0.29, 0.717) is 22.6 Å². The van der Waals surface area contributed by atoms with Crippen LogP contribution in [0.4, 0.5) is 0 Å². The molecule has 0 aromatic heterocycles. The number of benzene rings is 2. The predicted octanol–water partition coefficient (Wildman–Crippen LogP) is 4.89. The van der Waals surface area contributed by atoms with Crippen molar-refractivity contribution in [1.82, 2.24) is 0 Å². The Morgan fingerprint density at radius 2 is 1.86 bits per heavy atom. The maximum atomic E-state index is 12.3. The molecule has 2 aromatic carbocycles. The van der Waals surface area contributed by atoms with Crippen LogP contribution in [-0.2, 0) is 0 Å². The lowest BCUT2D eigenvalue weighted by Crippen LogP contribution is -2.02. The van der Waals surface area contributed by atoms with Crippen LogP contribution in [0.3, 0.4) is 0 Å². The van der Waals surface area contributed by atoms with Gasteiger partial charge in [-0.3, -0.25) is 4.79 Å². The average Bonchev–Trinajstić information content (AvgIpc) is 2.46. The number of halogens is 1. The number of rotatable bonds is 3. The number of hydrogen-bond acceptors (Lipinski definition) is 1. The highest BCUT2D eigenvalue weighted by Gasteiger charge is 2.11. The topological polar surface area (TPSA) is 17.1 Å². The van der Waals surface area contributed by atoms with Crippen molar-refractivity contribution >= 4 is 17.4 Å². The van der Waals surface area contributed by atoms with Gasteiger partial charge >= 0.3 is 0 Å². The van der Waals surface area contributed by atoms with E-state index in [-0.39, 0.29) is 5.78 Å². The molecule has 2 aromatic rings. The summed E-state index contributed by atoms with van der Waals surface area (Å²) < 4.78 is 0. The minimum atomic E-state index is -0.0117. The molecule has 0 aliphatic carbocycles. The van der Waals surface area contributed by atoms with Crippen LogP contribution in [0.25, 0.3) is 0 Å². The number of carbonyl (C=O) groups is 1. The van der Waals surface area contributed by atoms with Crippen molar-refractivity contribution in [2.45, 2.75) is 13.3 Å². The van der Waals surface area contributed by atoms with E-state index in [1.165, 1.54) is 0 Å². The van der Waals surface area contributed by atoms with Crippen LogP contribution < -0.4 is 0 Å². The molecule has 0 spiro atoms. The van der Waals surface area contributed by atoms with Crippen LogP contribution in [0.5, 0.6) is 0 Å². The van der Waals surface area contributed by atoms with Gasteiger partial charge in [-0.15, -0.1) is 0 Å². The van der Waals surface area contributed by atoms with Crippen LogP contribution in [0.1, 0.15) is 34.8 Å². The molecular weight excluding hydrogens is 280 g/mol. The Morgan fingerprint density at radius 1 is 1.14 bits per heavy atom. The molecule has 0 amide bonds. The number of Topliss-reactive ketones (excluding diaryl/α,β-unsaturated/α-hetero) is 1. The minimum Gasteiger partial charge on any atom is -0.294 e. The average molecular weight is 295 g/mol.